The number of aromatic nitrogens is 1. The van der Waals surface area contributed by atoms with Gasteiger partial charge in [0.15, 0.2) is 0 Å². The molecule has 5 nitrogen and oxygen atoms in total. The Labute approximate surface area is 88.6 Å². The lowest BCUT2D eigenvalue weighted by atomic mass is 10.3. The summed E-state index contributed by atoms with van der Waals surface area (Å²) in [5.74, 6) is -0.245. The quantitative estimate of drug-likeness (QED) is 0.747. The normalized spacial score (nSPS) is 12.2. The van der Waals surface area contributed by atoms with Crippen LogP contribution in [0.3, 0.4) is 0 Å². The Balaban J connectivity index is 2.65. The molecule has 15 heavy (non-hydrogen) atoms. The highest BCUT2D eigenvalue weighted by molar-refractivity contribution is 5.94. The van der Waals surface area contributed by atoms with Gasteiger partial charge in [0.2, 0.25) is 0 Å². The maximum Gasteiger partial charge on any atom is 0.254 e. The van der Waals surface area contributed by atoms with E-state index in [-0.39, 0.29) is 12.5 Å². The highest BCUT2D eigenvalue weighted by atomic mass is 16.5. The van der Waals surface area contributed by atoms with Crippen molar-refractivity contribution < 1.29 is 9.53 Å². The van der Waals surface area contributed by atoms with Gasteiger partial charge in [-0.3, -0.25) is 9.78 Å². The monoisotopic (exact) mass is 209 g/mol. The Morgan fingerprint density at radius 1 is 1.73 bits per heavy atom. The van der Waals surface area contributed by atoms with Gasteiger partial charge in [-0.2, -0.15) is 0 Å². The molecule has 0 aliphatic heterocycles. The molecule has 0 aliphatic carbocycles. The minimum atomic E-state index is -0.613. The van der Waals surface area contributed by atoms with Crippen LogP contribution in [0.25, 0.3) is 0 Å². The van der Waals surface area contributed by atoms with Crippen molar-refractivity contribution >= 4 is 11.6 Å². The number of rotatable bonds is 4. The lowest BCUT2D eigenvalue weighted by molar-refractivity contribution is -0.125. The molecule has 0 aliphatic rings. The van der Waals surface area contributed by atoms with E-state index in [2.05, 4.69) is 10.3 Å². The molecule has 0 bridgehead atoms. The molecule has 0 radical (unpaired) electrons. The summed E-state index contributed by atoms with van der Waals surface area (Å²) in [5.41, 5.74) is 6.91. The van der Waals surface area contributed by atoms with Crippen LogP contribution < -0.4 is 11.1 Å². The predicted octanol–water partition coefficient (Wildman–Crippen LogP) is 0.302. The first-order chi connectivity index (χ1) is 7.17. The number of nitrogens with one attached hydrogen (secondary N) is 1. The molecule has 0 spiro atoms. The van der Waals surface area contributed by atoms with Crippen LogP contribution in [0.4, 0.5) is 5.69 Å². The number of carbonyl (C=O) groups is 1. The summed E-state index contributed by atoms with van der Waals surface area (Å²) in [5, 5.41) is 2.70. The summed E-state index contributed by atoms with van der Waals surface area (Å²) >= 11 is 0. The van der Waals surface area contributed by atoms with E-state index < -0.39 is 6.10 Å². The second-order valence-corrected chi connectivity index (χ2v) is 3.14. The number of nitrogens with zero attached hydrogens (tertiary/aromatic N) is 1. The van der Waals surface area contributed by atoms with Gasteiger partial charge in [0.25, 0.3) is 5.91 Å². The molecule has 1 aromatic heterocycles. The van der Waals surface area contributed by atoms with Gasteiger partial charge in [0.1, 0.15) is 6.10 Å². The fourth-order valence-electron chi connectivity index (χ4n) is 1.16. The summed E-state index contributed by atoms with van der Waals surface area (Å²) in [6, 6.07) is 3.50. The fourth-order valence-corrected chi connectivity index (χ4v) is 1.16. The van der Waals surface area contributed by atoms with Crippen LogP contribution >= 0.6 is 0 Å². The molecule has 1 amide bonds. The minimum absolute atomic E-state index is 0.159. The number of amides is 1. The predicted molar refractivity (Wildman–Crippen MR) is 57.5 cm³/mol. The molecular formula is C10H15N3O2. The minimum Gasteiger partial charge on any atom is -0.370 e. The van der Waals surface area contributed by atoms with Crippen LogP contribution in [-0.4, -0.2) is 30.6 Å². The molecule has 1 aromatic rings. The molecule has 0 saturated heterocycles. The van der Waals surface area contributed by atoms with Crippen LogP contribution in [0.1, 0.15) is 5.69 Å². The van der Waals surface area contributed by atoms with E-state index in [9.17, 15) is 4.79 Å². The van der Waals surface area contributed by atoms with E-state index in [1.807, 2.05) is 6.92 Å². The molecule has 1 unspecified atom stereocenters. The second-order valence-electron chi connectivity index (χ2n) is 3.14. The standard InChI is InChI=1S/C10H15N3O2/c1-7-5-8(3-4-12-7)13-10(14)9(6-11)15-2/h3-5,9H,6,11H2,1-2H3,(H,12,13,14). The van der Waals surface area contributed by atoms with Gasteiger partial charge in [0.05, 0.1) is 0 Å². The molecule has 1 rings (SSSR count). The number of nitrogens with two attached hydrogens (primary N) is 1. The third-order valence-corrected chi connectivity index (χ3v) is 1.96. The van der Waals surface area contributed by atoms with Crippen LogP contribution in [-0.2, 0) is 9.53 Å². The smallest absolute Gasteiger partial charge is 0.254 e. The van der Waals surface area contributed by atoms with E-state index in [0.29, 0.717) is 5.69 Å². The summed E-state index contributed by atoms with van der Waals surface area (Å²) in [7, 11) is 1.45. The third-order valence-electron chi connectivity index (χ3n) is 1.96. The summed E-state index contributed by atoms with van der Waals surface area (Å²) in [4.78, 5) is 15.6. The maximum absolute atomic E-state index is 11.5. The molecule has 1 atom stereocenters. The summed E-state index contributed by atoms with van der Waals surface area (Å²) in [6.45, 7) is 2.01. The molecule has 3 N–H and O–H groups in total. The van der Waals surface area contributed by atoms with Crippen molar-refractivity contribution in [1.82, 2.24) is 4.98 Å². The lowest BCUT2D eigenvalue weighted by Crippen LogP contribution is -2.35. The second kappa shape index (κ2) is 5.43. The molecule has 0 fully saturated rings. The van der Waals surface area contributed by atoms with Crippen molar-refractivity contribution in [1.29, 1.82) is 0 Å². The van der Waals surface area contributed by atoms with Crippen molar-refractivity contribution in [2.75, 3.05) is 19.0 Å². The van der Waals surface area contributed by atoms with Gasteiger partial charge < -0.3 is 15.8 Å². The van der Waals surface area contributed by atoms with Crippen molar-refractivity contribution in [3.63, 3.8) is 0 Å². The van der Waals surface area contributed by atoms with Crippen molar-refractivity contribution in [3.8, 4) is 0 Å². The van der Waals surface area contributed by atoms with Gasteiger partial charge >= 0.3 is 0 Å². The van der Waals surface area contributed by atoms with Gasteiger partial charge in [-0.25, -0.2) is 0 Å². The number of hydrogen-bond acceptors (Lipinski definition) is 4. The first-order valence-electron chi connectivity index (χ1n) is 4.63. The summed E-state index contributed by atoms with van der Waals surface area (Å²) in [6.07, 6.45) is 1.02. The van der Waals surface area contributed by atoms with Gasteiger partial charge in [-0.05, 0) is 19.1 Å². The fraction of sp³-hybridized carbons (Fsp3) is 0.400. The Bertz CT molecular complexity index is 337. The first kappa shape index (κ1) is 11.6. The van der Waals surface area contributed by atoms with E-state index in [0.717, 1.165) is 5.69 Å². The molecule has 1 heterocycles. The zero-order chi connectivity index (χ0) is 11.3. The zero-order valence-electron chi connectivity index (χ0n) is 8.86. The summed E-state index contributed by atoms with van der Waals surface area (Å²) < 4.78 is 4.91. The first-order valence-corrected chi connectivity index (χ1v) is 4.63. The van der Waals surface area contributed by atoms with E-state index in [4.69, 9.17) is 10.5 Å². The van der Waals surface area contributed by atoms with E-state index in [1.165, 1.54) is 7.11 Å². The average Bonchev–Trinajstić information content (AvgIpc) is 2.19. The van der Waals surface area contributed by atoms with E-state index in [1.54, 1.807) is 18.3 Å². The Morgan fingerprint density at radius 2 is 2.47 bits per heavy atom. The Kier molecular flexibility index (Phi) is 4.20. The molecule has 0 saturated carbocycles. The number of ether oxygens (including phenoxy) is 1. The molecular weight excluding hydrogens is 194 g/mol. The topological polar surface area (TPSA) is 77.2 Å². The van der Waals surface area contributed by atoms with Gasteiger partial charge in [0, 0.05) is 31.2 Å². The Hall–Kier alpha value is -1.46. The van der Waals surface area contributed by atoms with Crippen molar-refractivity contribution in [2.24, 2.45) is 5.73 Å². The Morgan fingerprint density at radius 3 is 3.00 bits per heavy atom. The number of aryl methyl sites for hydroxylation is 1. The van der Waals surface area contributed by atoms with Crippen molar-refractivity contribution in [2.45, 2.75) is 13.0 Å². The number of methoxy groups -OCH3 is 1. The van der Waals surface area contributed by atoms with Crippen molar-refractivity contribution in [3.05, 3.63) is 24.0 Å². The maximum atomic E-state index is 11.5. The number of hydrogen-bond donors (Lipinski definition) is 2. The molecule has 5 heteroatoms. The van der Waals surface area contributed by atoms with Gasteiger partial charge in [-0.1, -0.05) is 0 Å². The highest BCUT2D eigenvalue weighted by Gasteiger charge is 2.15. The number of anilines is 1. The average molecular weight is 209 g/mol. The van der Waals surface area contributed by atoms with E-state index >= 15 is 0 Å². The highest BCUT2D eigenvalue weighted by Crippen LogP contribution is 2.07. The largest absolute Gasteiger partial charge is 0.370 e. The molecule has 82 valence electrons. The van der Waals surface area contributed by atoms with Crippen LogP contribution in [0.15, 0.2) is 18.3 Å². The number of carbonyl (C=O) groups excluding carboxylic acids is 1. The SMILES string of the molecule is COC(CN)C(=O)Nc1ccnc(C)c1. The lowest BCUT2D eigenvalue weighted by Gasteiger charge is -2.12. The van der Waals surface area contributed by atoms with Crippen LogP contribution in [0.2, 0.25) is 0 Å². The van der Waals surface area contributed by atoms with Crippen LogP contribution in [0.5, 0.6) is 0 Å². The molecule has 0 aromatic carbocycles. The van der Waals surface area contributed by atoms with Crippen LogP contribution in [0, 0.1) is 6.92 Å². The van der Waals surface area contributed by atoms with Gasteiger partial charge in [-0.15, -0.1) is 0 Å². The number of pyridine rings is 1. The third kappa shape index (κ3) is 3.30. The zero-order valence-corrected chi connectivity index (χ0v) is 8.86.